The zero-order valence-corrected chi connectivity index (χ0v) is 13.8. The highest BCUT2D eigenvalue weighted by atomic mass is 32.1. The van der Waals surface area contributed by atoms with Gasteiger partial charge in [-0.3, -0.25) is 9.36 Å². The third-order valence-electron chi connectivity index (χ3n) is 3.91. The highest BCUT2D eigenvalue weighted by Crippen LogP contribution is 2.35. The van der Waals surface area contributed by atoms with Gasteiger partial charge in [0, 0.05) is 10.4 Å². The minimum atomic E-state index is -1.31. The predicted octanol–water partition coefficient (Wildman–Crippen LogP) is 2.05. The molecule has 0 N–H and O–H groups in total. The number of carboxylic acids is 1. The van der Waals surface area contributed by atoms with Crippen molar-refractivity contribution >= 4 is 27.5 Å². The van der Waals surface area contributed by atoms with Crippen molar-refractivity contribution in [2.75, 3.05) is 0 Å². The molecule has 118 valence electrons. The van der Waals surface area contributed by atoms with E-state index in [9.17, 15) is 14.7 Å². The van der Waals surface area contributed by atoms with Crippen LogP contribution in [0.4, 0.5) is 0 Å². The monoisotopic (exact) mass is 327 g/mol. The van der Waals surface area contributed by atoms with Crippen LogP contribution >= 0.6 is 11.3 Å². The molecule has 0 spiro atoms. The van der Waals surface area contributed by atoms with Crippen LogP contribution in [0.15, 0.2) is 35.4 Å². The van der Waals surface area contributed by atoms with E-state index >= 15 is 0 Å². The van der Waals surface area contributed by atoms with E-state index in [-0.39, 0.29) is 5.56 Å². The van der Waals surface area contributed by atoms with Crippen LogP contribution in [0.5, 0.6) is 0 Å². The van der Waals surface area contributed by atoms with Crippen LogP contribution in [0.1, 0.15) is 23.4 Å². The molecule has 6 heteroatoms. The molecule has 3 rings (SSSR count). The maximum Gasteiger partial charge on any atom is 0.263 e. The first kappa shape index (κ1) is 15.4. The summed E-state index contributed by atoms with van der Waals surface area (Å²) in [6.45, 7) is 5.35. The van der Waals surface area contributed by atoms with Crippen molar-refractivity contribution in [3.05, 3.63) is 51.4 Å². The highest BCUT2D eigenvalue weighted by Gasteiger charge is 2.18. The minimum Gasteiger partial charge on any atom is -0.548 e. The number of hydrogen-bond acceptors (Lipinski definition) is 5. The van der Waals surface area contributed by atoms with Crippen LogP contribution in [-0.4, -0.2) is 15.5 Å². The Bertz CT molecular complexity index is 954. The van der Waals surface area contributed by atoms with Gasteiger partial charge < -0.3 is 9.90 Å². The van der Waals surface area contributed by atoms with Gasteiger partial charge in [-0.1, -0.05) is 29.8 Å². The van der Waals surface area contributed by atoms with Crippen molar-refractivity contribution in [2.45, 2.75) is 26.8 Å². The van der Waals surface area contributed by atoms with Gasteiger partial charge in [0.1, 0.15) is 4.83 Å². The predicted molar refractivity (Wildman–Crippen MR) is 88.5 cm³/mol. The molecule has 1 aromatic carbocycles. The lowest BCUT2D eigenvalue weighted by atomic mass is 10.0. The number of aryl methyl sites for hydroxylation is 2. The van der Waals surface area contributed by atoms with Crippen molar-refractivity contribution in [1.29, 1.82) is 0 Å². The number of benzene rings is 1. The molecule has 0 radical (unpaired) electrons. The lowest BCUT2D eigenvalue weighted by Gasteiger charge is -2.15. The number of nitrogens with zero attached hydrogens (tertiary/aromatic N) is 2. The van der Waals surface area contributed by atoms with Crippen LogP contribution in [0.2, 0.25) is 0 Å². The average Bonchev–Trinajstić information content (AvgIpc) is 2.85. The zero-order chi connectivity index (χ0) is 16.7. The molecule has 5 nitrogen and oxygen atoms in total. The SMILES string of the molecule is Cc1ccc(-c2c(C)sc3ncn(C(C)C(=O)[O-])c(=O)c23)cc1. The van der Waals surface area contributed by atoms with E-state index in [0.717, 1.165) is 26.1 Å². The van der Waals surface area contributed by atoms with Crippen molar-refractivity contribution in [2.24, 2.45) is 0 Å². The molecule has 3 aromatic rings. The van der Waals surface area contributed by atoms with E-state index in [1.54, 1.807) is 0 Å². The molecular formula is C17H15N2O3S-. The molecule has 1 unspecified atom stereocenters. The molecule has 0 aliphatic rings. The van der Waals surface area contributed by atoms with Crippen molar-refractivity contribution in [1.82, 2.24) is 9.55 Å². The third kappa shape index (κ3) is 2.55. The Hall–Kier alpha value is -2.47. The number of hydrogen-bond donors (Lipinski definition) is 0. The Morgan fingerprint density at radius 2 is 1.91 bits per heavy atom. The maximum atomic E-state index is 12.8. The summed E-state index contributed by atoms with van der Waals surface area (Å²) in [6.07, 6.45) is 1.28. The van der Waals surface area contributed by atoms with Crippen LogP contribution in [-0.2, 0) is 4.79 Å². The highest BCUT2D eigenvalue weighted by molar-refractivity contribution is 7.19. The van der Waals surface area contributed by atoms with E-state index in [1.807, 2.05) is 38.1 Å². The molecule has 1 atom stereocenters. The van der Waals surface area contributed by atoms with E-state index in [1.165, 1.54) is 24.6 Å². The molecule has 23 heavy (non-hydrogen) atoms. The summed E-state index contributed by atoms with van der Waals surface area (Å²) >= 11 is 1.43. The number of carboxylic acid groups (broad SMARTS) is 1. The fraction of sp³-hybridized carbons (Fsp3) is 0.235. The van der Waals surface area contributed by atoms with Gasteiger partial charge in [-0.15, -0.1) is 11.3 Å². The van der Waals surface area contributed by atoms with Gasteiger partial charge in [-0.25, -0.2) is 4.98 Å². The lowest BCUT2D eigenvalue weighted by Crippen LogP contribution is -2.36. The smallest absolute Gasteiger partial charge is 0.263 e. The topological polar surface area (TPSA) is 75.0 Å². The quantitative estimate of drug-likeness (QED) is 0.738. The molecule has 0 fully saturated rings. The second kappa shape index (κ2) is 5.62. The maximum absolute atomic E-state index is 12.8. The molecule has 0 bridgehead atoms. The molecule has 0 aliphatic carbocycles. The van der Waals surface area contributed by atoms with Gasteiger partial charge in [0.15, 0.2) is 0 Å². The second-order valence-corrected chi connectivity index (χ2v) is 6.73. The number of carbonyl (C=O) groups is 1. The number of aliphatic carboxylic acids is 1. The van der Waals surface area contributed by atoms with Crippen LogP contribution in [0, 0.1) is 13.8 Å². The average molecular weight is 327 g/mol. The molecule has 0 saturated carbocycles. The first-order chi connectivity index (χ1) is 10.9. The zero-order valence-electron chi connectivity index (χ0n) is 13.0. The fourth-order valence-electron chi connectivity index (χ4n) is 2.57. The summed E-state index contributed by atoms with van der Waals surface area (Å²) in [6, 6.07) is 6.82. The van der Waals surface area contributed by atoms with Crippen LogP contribution < -0.4 is 10.7 Å². The second-order valence-electron chi connectivity index (χ2n) is 5.53. The van der Waals surface area contributed by atoms with Crippen LogP contribution in [0.3, 0.4) is 0 Å². The molecule has 2 heterocycles. The number of rotatable bonds is 3. The van der Waals surface area contributed by atoms with Gasteiger partial charge in [0.2, 0.25) is 0 Å². The Kier molecular flexibility index (Phi) is 3.77. The Morgan fingerprint density at radius 3 is 2.52 bits per heavy atom. The number of fused-ring (bicyclic) bond motifs is 1. The van der Waals surface area contributed by atoms with Gasteiger partial charge in [-0.2, -0.15) is 0 Å². The lowest BCUT2D eigenvalue weighted by molar-refractivity contribution is -0.309. The van der Waals surface area contributed by atoms with Crippen molar-refractivity contribution in [3.63, 3.8) is 0 Å². The molecular weight excluding hydrogens is 312 g/mol. The fourth-order valence-corrected chi connectivity index (χ4v) is 3.58. The number of aromatic nitrogens is 2. The number of thiophene rings is 1. The summed E-state index contributed by atoms with van der Waals surface area (Å²) in [5.74, 6) is -1.31. The van der Waals surface area contributed by atoms with E-state index in [0.29, 0.717) is 10.2 Å². The van der Waals surface area contributed by atoms with Gasteiger partial charge in [0.25, 0.3) is 5.56 Å². The largest absolute Gasteiger partial charge is 0.548 e. The van der Waals surface area contributed by atoms with E-state index in [2.05, 4.69) is 4.98 Å². The Morgan fingerprint density at radius 1 is 1.26 bits per heavy atom. The van der Waals surface area contributed by atoms with Gasteiger partial charge in [-0.05, 0) is 26.3 Å². The first-order valence-electron chi connectivity index (χ1n) is 7.18. The van der Waals surface area contributed by atoms with E-state index < -0.39 is 12.0 Å². The Labute approximate surface area is 136 Å². The van der Waals surface area contributed by atoms with Gasteiger partial charge in [0.05, 0.1) is 23.7 Å². The summed E-state index contributed by atoms with van der Waals surface area (Å²) in [5.41, 5.74) is 2.53. The standard InChI is InChI=1S/C17H16N2O3S/c1-9-4-6-12(7-5-9)13-11(3)23-15-14(13)16(20)19(8-18-15)10(2)17(21)22/h4-8,10H,1-3H3,(H,21,22)/p-1. The summed E-state index contributed by atoms with van der Waals surface area (Å²) < 4.78 is 1.11. The first-order valence-corrected chi connectivity index (χ1v) is 8.00. The summed E-state index contributed by atoms with van der Waals surface area (Å²) in [4.78, 5) is 29.7. The normalized spacial score (nSPS) is 12.5. The molecule has 0 aliphatic heterocycles. The third-order valence-corrected chi connectivity index (χ3v) is 4.93. The van der Waals surface area contributed by atoms with Crippen molar-refractivity contribution < 1.29 is 9.90 Å². The Balaban J connectivity index is 2.32. The summed E-state index contributed by atoms with van der Waals surface area (Å²) in [5, 5.41) is 11.6. The van der Waals surface area contributed by atoms with Gasteiger partial charge >= 0.3 is 0 Å². The molecule has 2 aromatic heterocycles. The summed E-state index contributed by atoms with van der Waals surface area (Å²) in [7, 11) is 0. The van der Waals surface area contributed by atoms with Crippen molar-refractivity contribution in [3.8, 4) is 11.1 Å². The molecule has 0 amide bonds. The number of carbonyl (C=O) groups excluding carboxylic acids is 1. The van der Waals surface area contributed by atoms with E-state index in [4.69, 9.17) is 0 Å². The van der Waals surface area contributed by atoms with Crippen LogP contribution in [0.25, 0.3) is 21.3 Å². The minimum absolute atomic E-state index is 0.355. The molecule has 0 saturated heterocycles.